The van der Waals surface area contributed by atoms with E-state index in [4.69, 9.17) is 9.84 Å². The van der Waals surface area contributed by atoms with Gasteiger partial charge in [-0.05, 0) is 38.0 Å². The Bertz CT molecular complexity index is 491. The first-order valence-corrected chi connectivity index (χ1v) is 8.43. The highest BCUT2D eigenvalue weighted by Gasteiger charge is 2.04. The molecule has 0 heterocycles. The van der Waals surface area contributed by atoms with Crippen molar-refractivity contribution in [1.82, 2.24) is 0 Å². The van der Waals surface area contributed by atoms with Crippen LogP contribution >= 0.6 is 11.8 Å². The van der Waals surface area contributed by atoms with Crippen LogP contribution in [0.3, 0.4) is 0 Å². The summed E-state index contributed by atoms with van der Waals surface area (Å²) in [6.45, 7) is 4.51. The molecule has 0 aliphatic carbocycles. The summed E-state index contributed by atoms with van der Waals surface area (Å²) in [6.07, 6.45) is 1.30. The highest BCUT2D eigenvalue weighted by atomic mass is 32.2. The molecule has 0 bridgehead atoms. The lowest BCUT2D eigenvalue weighted by Crippen LogP contribution is -2.13. The van der Waals surface area contributed by atoms with Gasteiger partial charge >= 0.3 is 5.97 Å². The van der Waals surface area contributed by atoms with Crippen LogP contribution in [-0.2, 0) is 20.1 Å². The lowest BCUT2D eigenvalue weighted by Gasteiger charge is -2.09. The van der Waals surface area contributed by atoms with E-state index < -0.39 is 5.97 Å². The zero-order valence-corrected chi connectivity index (χ0v) is 13.8. The third kappa shape index (κ3) is 8.69. The number of hydrogen-bond donors (Lipinski definition) is 2. The van der Waals surface area contributed by atoms with Crippen molar-refractivity contribution in [2.75, 3.05) is 17.7 Å². The molecule has 0 aromatic heterocycles. The summed E-state index contributed by atoms with van der Waals surface area (Å²) < 4.78 is 5.39. The van der Waals surface area contributed by atoms with Gasteiger partial charge in [-0.1, -0.05) is 12.1 Å². The second-order valence-corrected chi connectivity index (χ2v) is 6.14. The van der Waals surface area contributed by atoms with Crippen molar-refractivity contribution in [1.29, 1.82) is 0 Å². The van der Waals surface area contributed by atoms with Crippen LogP contribution in [0.4, 0.5) is 5.69 Å². The molecule has 0 saturated heterocycles. The molecule has 0 aliphatic rings. The first-order valence-electron chi connectivity index (χ1n) is 7.27. The maximum Gasteiger partial charge on any atom is 0.313 e. The Morgan fingerprint density at radius 2 is 2.14 bits per heavy atom. The number of ether oxygens (including phenoxy) is 1. The van der Waals surface area contributed by atoms with Gasteiger partial charge in [0.15, 0.2) is 0 Å². The lowest BCUT2D eigenvalue weighted by atomic mass is 10.2. The number of hydrogen-bond acceptors (Lipinski definition) is 4. The van der Waals surface area contributed by atoms with Crippen molar-refractivity contribution in [3.63, 3.8) is 0 Å². The zero-order valence-electron chi connectivity index (χ0n) is 13.0. The number of anilines is 1. The number of rotatable bonds is 10. The van der Waals surface area contributed by atoms with Crippen molar-refractivity contribution in [3.05, 3.63) is 29.8 Å². The quantitative estimate of drug-likeness (QED) is 0.646. The smallest absolute Gasteiger partial charge is 0.313 e. The summed E-state index contributed by atoms with van der Waals surface area (Å²) in [5.74, 6) is -0.175. The summed E-state index contributed by atoms with van der Waals surface area (Å²) in [4.78, 5) is 22.3. The fourth-order valence-electron chi connectivity index (χ4n) is 1.77. The van der Waals surface area contributed by atoms with Crippen LogP contribution in [0.25, 0.3) is 0 Å². The van der Waals surface area contributed by atoms with Crippen LogP contribution in [0.5, 0.6) is 0 Å². The van der Waals surface area contributed by atoms with Crippen molar-refractivity contribution in [2.24, 2.45) is 0 Å². The lowest BCUT2D eigenvalue weighted by molar-refractivity contribution is -0.133. The van der Waals surface area contributed by atoms with Gasteiger partial charge in [0.05, 0.1) is 11.9 Å². The molecule has 1 amide bonds. The van der Waals surface area contributed by atoms with Gasteiger partial charge in [-0.15, -0.1) is 11.8 Å². The Balaban J connectivity index is 2.35. The second kappa shape index (κ2) is 10.2. The largest absolute Gasteiger partial charge is 0.481 e. The SMILES string of the molecule is CC(C)OCCCC(=O)Nc1cccc(CSCC(=O)O)c1. The third-order valence-corrected chi connectivity index (χ3v) is 3.69. The van der Waals surface area contributed by atoms with E-state index in [1.165, 1.54) is 11.8 Å². The maximum absolute atomic E-state index is 11.8. The summed E-state index contributed by atoms with van der Waals surface area (Å²) in [5, 5.41) is 11.5. The number of carboxylic acid groups (broad SMARTS) is 1. The Hall–Kier alpha value is -1.53. The van der Waals surface area contributed by atoms with Gasteiger partial charge in [0.25, 0.3) is 0 Å². The van der Waals surface area contributed by atoms with E-state index in [9.17, 15) is 9.59 Å². The van der Waals surface area contributed by atoms with Gasteiger partial charge in [0.2, 0.25) is 5.91 Å². The summed E-state index contributed by atoms with van der Waals surface area (Å²) >= 11 is 1.33. The minimum Gasteiger partial charge on any atom is -0.481 e. The average molecular weight is 325 g/mol. The van der Waals surface area contributed by atoms with E-state index in [2.05, 4.69) is 5.32 Å². The van der Waals surface area contributed by atoms with E-state index in [0.29, 0.717) is 25.2 Å². The molecular weight excluding hydrogens is 302 g/mol. The van der Waals surface area contributed by atoms with Crippen molar-refractivity contribution in [2.45, 2.75) is 38.5 Å². The maximum atomic E-state index is 11.8. The Morgan fingerprint density at radius 3 is 2.82 bits per heavy atom. The van der Waals surface area contributed by atoms with Crippen LogP contribution in [0, 0.1) is 0 Å². The van der Waals surface area contributed by atoms with Gasteiger partial charge in [-0.3, -0.25) is 9.59 Å². The van der Waals surface area contributed by atoms with Crippen molar-refractivity contribution < 1.29 is 19.4 Å². The second-order valence-electron chi connectivity index (χ2n) is 5.16. The van der Waals surface area contributed by atoms with Crippen LogP contribution in [0.15, 0.2) is 24.3 Å². The molecule has 22 heavy (non-hydrogen) atoms. The van der Waals surface area contributed by atoms with E-state index >= 15 is 0 Å². The Morgan fingerprint density at radius 1 is 1.36 bits per heavy atom. The number of benzene rings is 1. The summed E-state index contributed by atoms with van der Waals surface area (Å²) in [6, 6.07) is 7.47. The van der Waals surface area contributed by atoms with Crippen molar-refractivity contribution in [3.8, 4) is 0 Å². The molecule has 0 aliphatic heterocycles. The molecule has 0 atom stereocenters. The molecule has 0 fully saturated rings. The minimum absolute atomic E-state index is 0.0392. The molecule has 0 unspecified atom stereocenters. The third-order valence-electron chi connectivity index (χ3n) is 2.70. The highest BCUT2D eigenvalue weighted by molar-refractivity contribution is 7.99. The molecule has 5 nitrogen and oxygen atoms in total. The number of nitrogens with one attached hydrogen (secondary N) is 1. The first-order chi connectivity index (χ1) is 10.5. The number of carbonyl (C=O) groups excluding carboxylic acids is 1. The van der Waals surface area contributed by atoms with Crippen LogP contribution in [0.1, 0.15) is 32.3 Å². The molecule has 1 rings (SSSR count). The van der Waals surface area contributed by atoms with E-state index in [-0.39, 0.29) is 17.8 Å². The predicted octanol–water partition coefficient (Wildman–Crippen LogP) is 3.15. The standard InChI is InChI=1S/C16H23NO4S/c1-12(2)21-8-4-7-15(18)17-14-6-3-5-13(9-14)10-22-11-16(19)20/h3,5-6,9,12H,4,7-8,10-11H2,1-2H3,(H,17,18)(H,19,20). The van der Waals surface area contributed by atoms with Gasteiger partial charge in [-0.25, -0.2) is 0 Å². The molecule has 1 aromatic carbocycles. The molecule has 2 N–H and O–H groups in total. The summed E-state index contributed by atoms with van der Waals surface area (Å²) in [7, 11) is 0. The molecule has 122 valence electrons. The predicted molar refractivity (Wildman–Crippen MR) is 89.2 cm³/mol. The monoisotopic (exact) mass is 325 g/mol. The van der Waals surface area contributed by atoms with Crippen molar-refractivity contribution >= 4 is 29.3 Å². The first kappa shape index (κ1) is 18.5. The van der Waals surface area contributed by atoms with Gasteiger partial charge in [0.1, 0.15) is 0 Å². The number of amides is 1. The van der Waals surface area contributed by atoms with E-state index in [0.717, 1.165) is 11.3 Å². The van der Waals surface area contributed by atoms with E-state index in [1.54, 1.807) is 0 Å². The van der Waals surface area contributed by atoms with Crippen LogP contribution < -0.4 is 5.32 Å². The minimum atomic E-state index is -0.821. The van der Waals surface area contributed by atoms with Crippen LogP contribution in [0.2, 0.25) is 0 Å². The molecule has 1 aromatic rings. The fraction of sp³-hybridized carbons (Fsp3) is 0.500. The Labute approximate surface area is 135 Å². The van der Waals surface area contributed by atoms with Gasteiger partial charge < -0.3 is 15.2 Å². The number of carboxylic acids is 1. The van der Waals surface area contributed by atoms with Gasteiger partial charge in [0, 0.05) is 24.5 Å². The molecule has 0 radical (unpaired) electrons. The average Bonchev–Trinajstić information content (AvgIpc) is 2.43. The molecular formula is C16H23NO4S. The number of carbonyl (C=O) groups is 2. The molecule has 0 saturated carbocycles. The number of aliphatic carboxylic acids is 1. The topological polar surface area (TPSA) is 75.6 Å². The van der Waals surface area contributed by atoms with E-state index in [1.807, 2.05) is 38.1 Å². The number of thioether (sulfide) groups is 1. The summed E-state index contributed by atoms with van der Waals surface area (Å²) in [5.41, 5.74) is 1.73. The normalized spacial score (nSPS) is 10.7. The highest BCUT2D eigenvalue weighted by Crippen LogP contribution is 2.16. The molecule has 6 heteroatoms. The van der Waals surface area contributed by atoms with Crippen LogP contribution in [-0.4, -0.2) is 35.4 Å². The van der Waals surface area contributed by atoms with Gasteiger partial charge in [-0.2, -0.15) is 0 Å². The molecule has 0 spiro atoms. The zero-order chi connectivity index (χ0) is 16.4. The fourth-order valence-corrected chi connectivity index (χ4v) is 2.46. The Kier molecular flexibility index (Phi) is 8.62.